The van der Waals surface area contributed by atoms with Crippen LogP contribution in [0, 0.1) is 0 Å². The van der Waals surface area contributed by atoms with Crippen molar-refractivity contribution in [2.45, 2.75) is 13.0 Å². The predicted octanol–water partition coefficient (Wildman–Crippen LogP) is 1.20. The molecule has 142 valence electrons. The van der Waals surface area contributed by atoms with Gasteiger partial charge in [0.1, 0.15) is 5.82 Å². The Hall–Kier alpha value is -2.87. The minimum Gasteiger partial charge on any atom is -0.454 e. The number of rotatable bonds is 5. The summed E-state index contributed by atoms with van der Waals surface area (Å²) in [6.45, 7) is 5.93. The van der Waals surface area contributed by atoms with Gasteiger partial charge in [-0.1, -0.05) is 6.07 Å². The lowest BCUT2D eigenvalue weighted by Crippen LogP contribution is -2.50. The second-order valence-corrected chi connectivity index (χ2v) is 6.73. The summed E-state index contributed by atoms with van der Waals surface area (Å²) in [6, 6.07) is 5.67. The van der Waals surface area contributed by atoms with E-state index in [-0.39, 0.29) is 18.7 Å². The third-order valence-electron chi connectivity index (χ3n) is 4.89. The maximum Gasteiger partial charge on any atom is 0.234 e. The number of amides is 1. The monoisotopic (exact) mass is 369 g/mol. The van der Waals surface area contributed by atoms with E-state index in [1.165, 1.54) is 0 Å². The molecule has 0 aliphatic carbocycles. The lowest BCUT2D eigenvalue weighted by Gasteiger charge is -2.34. The summed E-state index contributed by atoms with van der Waals surface area (Å²) in [5.41, 5.74) is 1.00. The number of nitrogens with zero attached hydrogens (tertiary/aromatic N) is 4. The van der Waals surface area contributed by atoms with Crippen LogP contribution in [0.25, 0.3) is 0 Å². The molecule has 3 heterocycles. The number of fused-ring (bicyclic) bond motifs is 1. The van der Waals surface area contributed by atoms with Gasteiger partial charge in [-0.15, -0.1) is 0 Å². The number of nitrogens with one attached hydrogen (secondary N) is 1. The van der Waals surface area contributed by atoms with Crippen molar-refractivity contribution in [1.82, 2.24) is 20.2 Å². The Kier molecular flexibility index (Phi) is 5.06. The molecule has 1 N–H and O–H groups in total. The number of carbonyl (C=O) groups excluding carboxylic acids is 1. The molecule has 0 unspecified atom stereocenters. The van der Waals surface area contributed by atoms with Crippen LogP contribution in [0.1, 0.15) is 18.5 Å². The van der Waals surface area contributed by atoms with E-state index in [2.05, 4.69) is 25.1 Å². The van der Waals surface area contributed by atoms with Gasteiger partial charge in [0.2, 0.25) is 12.7 Å². The molecule has 27 heavy (non-hydrogen) atoms. The van der Waals surface area contributed by atoms with E-state index < -0.39 is 0 Å². The topological polar surface area (TPSA) is 79.8 Å². The van der Waals surface area contributed by atoms with E-state index in [1.54, 1.807) is 18.6 Å². The van der Waals surface area contributed by atoms with Crippen LogP contribution in [0.5, 0.6) is 11.5 Å². The van der Waals surface area contributed by atoms with Crippen LogP contribution in [0.15, 0.2) is 36.8 Å². The van der Waals surface area contributed by atoms with Gasteiger partial charge in [0.05, 0.1) is 18.8 Å². The Morgan fingerprint density at radius 2 is 2.00 bits per heavy atom. The molecule has 1 saturated heterocycles. The first-order chi connectivity index (χ1) is 13.2. The average molecular weight is 369 g/mol. The molecule has 0 bridgehead atoms. The molecular weight excluding hydrogens is 346 g/mol. The van der Waals surface area contributed by atoms with Crippen molar-refractivity contribution in [2.75, 3.05) is 44.4 Å². The van der Waals surface area contributed by atoms with Gasteiger partial charge in [-0.3, -0.25) is 14.7 Å². The smallest absolute Gasteiger partial charge is 0.234 e. The second-order valence-electron chi connectivity index (χ2n) is 6.73. The van der Waals surface area contributed by atoms with Crippen LogP contribution >= 0.6 is 0 Å². The number of hydrogen-bond acceptors (Lipinski definition) is 7. The number of benzene rings is 1. The van der Waals surface area contributed by atoms with Crippen molar-refractivity contribution in [2.24, 2.45) is 0 Å². The fourth-order valence-corrected chi connectivity index (χ4v) is 3.35. The first-order valence-corrected chi connectivity index (χ1v) is 9.11. The summed E-state index contributed by atoms with van der Waals surface area (Å²) in [4.78, 5) is 25.2. The molecule has 2 aliphatic rings. The highest BCUT2D eigenvalue weighted by molar-refractivity contribution is 5.78. The first-order valence-electron chi connectivity index (χ1n) is 9.11. The Morgan fingerprint density at radius 3 is 2.78 bits per heavy atom. The van der Waals surface area contributed by atoms with E-state index >= 15 is 0 Å². The molecule has 1 atom stereocenters. The molecule has 1 aromatic heterocycles. The van der Waals surface area contributed by atoms with Gasteiger partial charge in [-0.25, -0.2) is 4.98 Å². The normalized spacial score (nSPS) is 17.6. The summed E-state index contributed by atoms with van der Waals surface area (Å²) in [6.07, 6.45) is 5.15. The standard InChI is InChI=1S/C19H23N5O3/c1-14(15-2-3-16-17(10-15)27-13-26-16)22-19(25)12-23-6-8-24(9-7-23)18-11-20-4-5-21-18/h2-5,10-11,14H,6-9,12-13H2,1H3,(H,22,25)/t14-/m0/s1. The molecule has 8 heteroatoms. The Labute approximate surface area is 158 Å². The largest absolute Gasteiger partial charge is 0.454 e. The third-order valence-corrected chi connectivity index (χ3v) is 4.89. The number of aromatic nitrogens is 2. The van der Waals surface area contributed by atoms with Crippen LogP contribution in [0.2, 0.25) is 0 Å². The lowest BCUT2D eigenvalue weighted by molar-refractivity contribution is -0.123. The predicted molar refractivity (Wildman–Crippen MR) is 99.8 cm³/mol. The minimum atomic E-state index is -0.0899. The quantitative estimate of drug-likeness (QED) is 0.848. The number of hydrogen-bond donors (Lipinski definition) is 1. The highest BCUT2D eigenvalue weighted by Gasteiger charge is 2.21. The number of ether oxygens (including phenoxy) is 2. The van der Waals surface area contributed by atoms with Gasteiger partial charge in [0, 0.05) is 38.6 Å². The summed E-state index contributed by atoms with van der Waals surface area (Å²) in [5.74, 6) is 2.39. The number of carbonyl (C=O) groups is 1. The molecule has 8 nitrogen and oxygen atoms in total. The van der Waals surface area contributed by atoms with Crippen molar-refractivity contribution in [3.63, 3.8) is 0 Å². The highest BCUT2D eigenvalue weighted by atomic mass is 16.7. The fraction of sp³-hybridized carbons (Fsp3) is 0.421. The van der Waals surface area contributed by atoms with Gasteiger partial charge in [-0.05, 0) is 24.6 Å². The molecule has 1 aromatic carbocycles. The first kappa shape index (κ1) is 17.5. The molecule has 0 saturated carbocycles. The van der Waals surface area contributed by atoms with Crippen LogP contribution in [0.3, 0.4) is 0 Å². The molecule has 2 aromatic rings. The van der Waals surface area contributed by atoms with Crippen LogP contribution < -0.4 is 19.7 Å². The summed E-state index contributed by atoms with van der Waals surface area (Å²) >= 11 is 0. The number of anilines is 1. The average Bonchev–Trinajstić information content (AvgIpc) is 3.17. The van der Waals surface area contributed by atoms with Crippen molar-refractivity contribution >= 4 is 11.7 Å². The van der Waals surface area contributed by atoms with Gasteiger partial charge in [-0.2, -0.15) is 0 Å². The Morgan fingerprint density at radius 1 is 1.19 bits per heavy atom. The maximum atomic E-state index is 12.4. The van der Waals surface area contributed by atoms with E-state index in [1.807, 2.05) is 25.1 Å². The zero-order valence-electron chi connectivity index (χ0n) is 15.3. The van der Waals surface area contributed by atoms with Crippen molar-refractivity contribution in [3.05, 3.63) is 42.4 Å². The molecule has 0 radical (unpaired) electrons. The molecule has 2 aliphatic heterocycles. The van der Waals surface area contributed by atoms with Crippen LogP contribution in [-0.2, 0) is 4.79 Å². The molecule has 1 amide bonds. The molecule has 1 fully saturated rings. The van der Waals surface area contributed by atoms with Crippen molar-refractivity contribution in [3.8, 4) is 11.5 Å². The Bertz CT molecular complexity index is 793. The Balaban J connectivity index is 1.26. The van der Waals surface area contributed by atoms with E-state index in [9.17, 15) is 4.79 Å². The van der Waals surface area contributed by atoms with Gasteiger partial charge in [0.15, 0.2) is 11.5 Å². The second kappa shape index (κ2) is 7.79. The van der Waals surface area contributed by atoms with Gasteiger partial charge >= 0.3 is 0 Å². The van der Waals surface area contributed by atoms with E-state index in [0.717, 1.165) is 49.1 Å². The van der Waals surface area contributed by atoms with Crippen LogP contribution in [0.4, 0.5) is 5.82 Å². The van der Waals surface area contributed by atoms with Gasteiger partial charge in [0.25, 0.3) is 0 Å². The zero-order valence-corrected chi connectivity index (χ0v) is 15.3. The summed E-state index contributed by atoms with van der Waals surface area (Å²) in [5, 5.41) is 3.06. The minimum absolute atomic E-state index is 0.0214. The molecular formula is C19H23N5O3. The van der Waals surface area contributed by atoms with Crippen LogP contribution in [-0.4, -0.2) is 60.3 Å². The van der Waals surface area contributed by atoms with E-state index in [4.69, 9.17) is 9.47 Å². The van der Waals surface area contributed by atoms with Gasteiger partial charge < -0.3 is 19.7 Å². The summed E-state index contributed by atoms with van der Waals surface area (Å²) in [7, 11) is 0. The van der Waals surface area contributed by atoms with E-state index in [0.29, 0.717) is 6.54 Å². The molecule has 4 rings (SSSR count). The highest BCUT2D eigenvalue weighted by Crippen LogP contribution is 2.34. The van der Waals surface area contributed by atoms with Crippen molar-refractivity contribution in [1.29, 1.82) is 0 Å². The third kappa shape index (κ3) is 4.11. The molecule has 0 spiro atoms. The summed E-state index contributed by atoms with van der Waals surface area (Å²) < 4.78 is 10.7. The SMILES string of the molecule is C[C@H](NC(=O)CN1CCN(c2cnccn2)CC1)c1ccc2c(c1)OCO2. The zero-order chi connectivity index (χ0) is 18.6. The maximum absolute atomic E-state index is 12.4. The number of piperazine rings is 1. The lowest BCUT2D eigenvalue weighted by atomic mass is 10.1. The fourth-order valence-electron chi connectivity index (χ4n) is 3.35. The van der Waals surface area contributed by atoms with Crippen molar-refractivity contribution < 1.29 is 14.3 Å².